The van der Waals surface area contributed by atoms with Crippen LogP contribution in [0.3, 0.4) is 0 Å². The second kappa shape index (κ2) is 5.24. The molecule has 0 unspecified atom stereocenters. The lowest BCUT2D eigenvalue weighted by Gasteiger charge is -2.07. The Balaban J connectivity index is 2.10. The van der Waals surface area contributed by atoms with Gasteiger partial charge in [-0.3, -0.25) is 14.0 Å². The van der Waals surface area contributed by atoms with Gasteiger partial charge in [-0.25, -0.2) is 4.98 Å². The summed E-state index contributed by atoms with van der Waals surface area (Å²) >= 11 is 1.38. The van der Waals surface area contributed by atoms with Gasteiger partial charge in [0.15, 0.2) is 4.96 Å². The highest BCUT2D eigenvalue weighted by Gasteiger charge is 2.10. The van der Waals surface area contributed by atoms with Crippen molar-refractivity contribution < 1.29 is 0 Å². The minimum Gasteiger partial charge on any atom is -0.308 e. The van der Waals surface area contributed by atoms with Crippen LogP contribution in [0, 0.1) is 25.2 Å². The molecule has 3 aromatic heterocycles. The van der Waals surface area contributed by atoms with E-state index in [0.29, 0.717) is 16.2 Å². The lowest BCUT2D eigenvalue weighted by molar-refractivity contribution is 0.732. The molecule has 0 atom stereocenters. The smallest absolute Gasteiger partial charge is 0.269 e. The van der Waals surface area contributed by atoms with Crippen molar-refractivity contribution in [1.29, 1.82) is 5.26 Å². The molecule has 0 amide bonds. The van der Waals surface area contributed by atoms with Gasteiger partial charge in [-0.05, 0) is 25.5 Å². The van der Waals surface area contributed by atoms with Crippen molar-refractivity contribution in [3.63, 3.8) is 0 Å². The van der Waals surface area contributed by atoms with Crippen LogP contribution in [0.1, 0.15) is 22.5 Å². The predicted octanol–water partition coefficient (Wildman–Crippen LogP) is 1.45. The Morgan fingerprint density at radius 2 is 2.14 bits per heavy atom. The Kier molecular flexibility index (Phi) is 3.39. The van der Waals surface area contributed by atoms with Crippen LogP contribution >= 0.6 is 11.3 Å². The maximum Gasteiger partial charge on any atom is 0.269 e. The first-order chi connectivity index (χ1) is 10.5. The third kappa shape index (κ3) is 2.23. The van der Waals surface area contributed by atoms with Gasteiger partial charge < -0.3 is 4.57 Å². The van der Waals surface area contributed by atoms with Crippen LogP contribution in [-0.2, 0) is 6.54 Å². The number of hydrogen-bond donors (Lipinski definition) is 0. The fourth-order valence-corrected chi connectivity index (χ4v) is 3.17. The number of nitrogens with zero attached hydrogens (tertiary/aromatic N) is 4. The van der Waals surface area contributed by atoms with Gasteiger partial charge in [-0.2, -0.15) is 5.26 Å². The van der Waals surface area contributed by atoms with Gasteiger partial charge in [0.1, 0.15) is 11.6 Å². The van der Waals surface area contributed by atoms with Crippen LogP contribution in [0.4, 0.5) is 0 Å². The van der Waals surface area contributed by atoms with E-state index in [2.05, 4.69) is 4.98 Å². The van der Waals surface area contributed by atoms with E-state index >= 15 is 0 Å². The first-order valence-corrected chi connectivity index (χ1v) is 7.46. The molecular formula is C15H12N4O2S. The third-order valence-corrected chi connectivity index (χ3v) is 4.39. The molecule has 0 fully saturated rings. The van der Waals surface area contributed by atoms with Crippen molar-refractivity contribution in [3.8, 4) is 6.07 Å². The van der Waals surface area contributed by atoms with Gasteiger partial charge in [0.25, 0.3) is 11.1 Å². The number of aromatic nitrogens is 3. The molecule has 0 aliphatic carbocycles. The van der Waals surface area contributed by atoms with E-state index in [0.717, 1.165) is 5.69 Å². The third-order valence-electron chi connectivity index (χ3n) is 3.45. The van der Waals surface area contributed by atoms with Gasteiger partial charge in [-0.15, -0.1) is 11.3 Å². The van der Waals surface area contributed by atoms with Gasteiger partial charge in [-0.1, -0.05) is 0 Å². The van der Waals surface area contributed by atoms with Gasteiger partial charge in [0.05, 0.1) is 12.2 Å². The van der Waals surface area contributed by atoms with Crippen molar-refractivity contribution in [2.24, 2.45) is 0 Å². The molecule has 22 heavy (non-hydrogen) atoms. The van der Waals surface area contributed by atoms with Crippen LogP contribution < -0.4 is 11.1 Å². The summed E-state index contributed by atoms with van der Waals surface area (Å²) in [7, 11) is 0. The fourth-order valence-electron chi connectivity index (χ4n) is 2.28. The summed E-state index contributed by atoms with van der Waals surface area (Å²) in [5.74, 6) is 0. The highest BCUT2D eigenvalue weighted by atomic mass is 32.1. The highest BCUT2D eigenvalue weighted by Crippen LogP contribution is 2.12. The quantitative estimate of drug-likeness (QED) is 0.717. The van der Waals surface area contributed by atoms with E-state index in [1.807, 2.05) is 18.4 Å². The van der Waals surface area contributed by atoms with Crippen molar-refractivity contribution in [2.75, 3.05) is 0 Å². The molecule has 0 aromatic carbocycles. The fraction of sp³-hybridized carbons (Fsp3) is 0.200. The number of fused-ring (bicyclic) bond motifs is 1. The van der Waals surface area contributed by atoms with Crippen molar-refractivity contribution in [3.05, 3.63) is 66.9 Å². The topological polar surface area (TPSA) is 80.2 Å². The molecule has 0 aliphatic rings. The maximum absolute atomic E-state index is 12.2. The molecule has 3 rings (SSSR count). The zero-order chi connectivity index (χ0) is 15.9. The summed E-state index contributed by atoms with van der Waals surface area (Å²) in [4.78, 5) is 29.3. The van der Waals surface area contributed by atoms with E-state index in [1.165, 1.54) is 26.4 Å². The Hall–Kier alpha value is -2.72. The molecule has 0 saturated carbocycles. The molecule has 0 radical (unpaired) electrons. The van der Waals surface area contributed by atoms with Crippen LogP contribution in [0.5, 0.6) is 0 Å². The van der Waals surface area contributed by atoms with E-state index in [-0.39, 0.29) is 23.2 Å². The Morgan fingerprint density at radius 1 is 1.36 bits per heavy atom. The van der Waals surface area contributed by atoms with E-state index in [4.69, 9.17) is 5.26 Å². The van der Waals surface area contributed by atoms with E-state index in [1.54, 1.807) is 19.2 Å². The number of aryl methyl sites for hydroxylation is 2. The first kappa shape index (κ1) is 14.2. The molecule has 3 heterocycles. The molecule has 7 heteroatoms. The number of thiazole rings is 1. The summed E-state index contributed by atoms with van der Waals surface area (Å²) < 4.78 is 2.93. The largest absolute Gasteiger partial charge is 0.308 e. The van der Waals surface area contributed by atoms with Gasteiger partial charge in [0.2, 0.25) is 0 Å². The van der Waals surface area contributed by atoms with Crippen molar-refractivity contribution >= 4 is 16.3 Å². The molecule has 0 spiro atoms. The molecular weight excluding hydrogens is 300 g/mol. The zero-order valence-electron chi connectivity index (χ0n) is 12.0. The van der Waals surface area contributed by atoms with Crippen LogP contribution in [0.2, 0.25) is 0 Å². The zero-order valence-corrected chi connectivity index (χ0v) is 12.8. The maximum atomic E-state index is 12.2. The highest BCUT2D eigenvalue weighted by molar-refractivity contribution is 7.15. The molecule has 110 valence electrons. The molecule has 6 nitrogen and oxygen atoms in total. The number of pyridine rings is 1. The van der Waals surface area contributed by atoms with Crippen LogP contribution in [0.25, 0.3) is 4.96 Å². The summed E-state index contributed by atoms with van der Waals surface area (Å²) in [6, 6.07) is 5.05. The molecule has 0 N–H and O–H groups in total. The lowest BCUT2D eigenvalue weighted by atomic mass is 10.2. The minimum atomic E-state index is -0.369. The summed E-state index contributed by atoms with van der Waals surface area (Å²) in [6.07, 6.45) is 1.61. The van der Waals surface area contributed by atoms with Crippen LogP contribution in [-0.4, -0.2) is 14.0 Å². The molecule has 0 saturated heterocycles. The Morgan fingerprint density at radius 3 is 2.86 bits per heavy atom. The summed E-state index contributed by atoms with van der Waals surface area (Å²) in [5, 5.41) is 10.9. The Labute approximate surface area is 129 Å². The summed E-state index contributed by atoms with van der Waals surface area (Å²) in [6.45, 7) is 3.72. The first-order valence-electron chi connectivity index (χ1n) is 6.58. The van der Waals surface area contributed by atoms with Crippen LogP contribution in [0.15, 0.2) is 33.3 Å². The van der Waals surface area contributed by atoms with Crippen molar-refractivity contribution in [1.82, 2.24) is 14.0 Å². The average Bonchev–Trinajstić information content (AvgIpc) is 2.84. The van der Waals surface area contributed by atoms with E-state index < -0.39 is 0 Å². The van der Waals surface area contributed by atoms with E-state index in [9.17, 15) is 9.59 Å². The second-order valence-electron chi connectivity index (χ2n) is 5.00. The van der Waals surface area contributed by atoms with Crippen molar-refractivity contribution in [2.45, 2.75) is 20.4 Å². The predicted molar refractivity (Wildman–Crippen MR) is 83.3 cm³/mol. The van der Waals surface area contributed by atoms with Gasteiger partial charge in [0, 0.05) is 23.3 Å². The summed E-state index contributed by atoms with van der Waals surface area (Å²) in [5.41, 5.74) is 1.56. The molecule has 0 bridgehead atoms. The number of rotatable bonds is 2. The monoisotopic (exact) mass is 312 g/mol. The minimum absolute atomic E-state index is 0.118. The second-order valence-corrected chi connectivity index (χ2v) is 5.84. The SMILES string of the molecule is Cc1ccn(Cc2cc(=O)n3c(C)csc3n2)c(=O)c1C#N. The lowest BCUT2D eigenvalue weighted by Crippen LogP contribution is -2.25. The molecule has 3 aromatic rings. The number of hydrogen-bond acceptors (Lipinski definition) is 5. The average molecular weight is 312 g/mol. The Bertz CT molecular complexity index is 1040. The molecule has 0 aliphatic heterocycles. The number of nitriles is 1. The van der Waals surface area contributed by atoms with Gasteiger partial charge >= 0.3 is 0 Å². The standard InChI is InChI=1S/C15H12N4O2S/c1-9-3-4-18(14(21)12(9)6-16)7-11-5-13(20)19-10(2)8-22-15(19)17-11/h3-5,8H,7H2,1-2H3. The normalized spacial score (nSPS) is 10.8.